The zero-order valence-corrected chi connectivity index (χ0v) is 11.8. The van der Waals surface area contributed by atoms with Gasteiger partial charge in [0.15, 0.2) is 0 Å². The van der Waals surface area contributed by atoms with Gasteiger partial charge >= 0.3 is 0 Å². The van der Waals surface area contributed by atoms with Gasteiger partial charge < -0.3 is 5.11 Å². The Bertz CT molecular complexity index is 499. The van der Waals surface area contributed by atoms with E-state index in [1.54, 1.807) is 24.3 Å². The van der Waals surface area contributed by atoms with Crippen LogP contribution in [0.3, 0.4) is 0 Å². The molecule has 6 heteroatoms. The Labute approximate surface area is 111 Å². The number of nitrogens with one attached hydrogen (secondary N) is 1. The van der Waals surface area contributed by atoms with Gasteiger partial charge in [-0.05, 0) is 38.3 Å². The monoisotopic (exact) mass is 287 g/mol. The molecule has 0 saturated heterocycles. The largest absolute Gasteiger partial charge is 0.393 e. The Balaban J connectivity index is 1.97. The third kappa shape index (κ3) is 3.47. The number of aliphatic hydroxyl groups excluding tert-OH is 1. The number of aryl methyl sites for hydroxylation is 1. The molecule has 2 rings (SSSR count). The Morgan fingerprint density at radius 3 is 2.50 bits per heavy atom. The van der Waals surface area contributed by atoms with Gasteiger partial charge in [0.1, 0.15) is 0 Å². The van der Waals surface area contributed by atoms with E-state index in [1.807, 2.05) is 6.92 Å². The molecule has 0 amide bonds. The van der Waals surface area contributed by atoms with E-state index >= 15 is 0 Å². The maximum absolute atomic E-state index is 12.0. The van der Waals surface area contributed by atoms with Crippen molar-refractivity contribution >= 4 is 19.8 Å². The lowest BCUT2D eigenvalue weighted by Crippen LogP contribution is -2.22. The zero-order valence-electron chi connectivity index (χ0n) is 10.2. The van der Waals surface area contributed by atoms with Gasteiger partial charge in [0.25, 0.3) is 0 Å². The van der Waals surface area contributed by atoms with Crippen LogP contribution in [0.15, 0.2) is 29.2 Å². The van der Waals surface area contributed by atoms with Crippen LogP contribution >= 0.6 is 11.0 Å². The van der Waals surface area contributed by atoms with Crippen molar-refractivity contribution in [2.24, 2.45) is 0 Å². The average molecular weight is 287 g/mol. The lowest BCUT2D eigenvalue weighted by atomic mass is 10.2. The van der Waals surface area contributed by atoms with Gasteiger partial charge in [-0.15, -0.1) is 0 Å². The fourth-order valence-electron chi connectivity index (χ4n) is 1.95. The number of rotatable bonds is 4. The Morgan fingerprint density at radius 2 is 1.94 bits per heavy atom. The maximum Gasteiger partial charge on any atom is 0.244 e. The van der Waals surface area contributed by atoms with Crippen molar-refractivity contribution in [1.29, 1.82) is 0 Å². The van der Waals surface area contributed by atoms with Crippen molar-refractivity contribution in [3.8, 4) is 0 Å². The van der Waals surface area contributed by atoms with Crippen molar-refractivity contribution < 1.29 is 13.5 Å². The molecule has 0 aromatic heterocycles. The van der Waals surface area contributed by atoms with Crippen molar-refractivity contribution in [1.82, 2.24) is 4.72 Å². The summed E-state index contributed by atoms with van der Waals surface area (Å²) in [5, 5.41) is 9.38. The predicted octanol–water partition coefficient (Wildman–Crippen LogP) is 1.83. The summed E-state index contributed by atoms with van der Waals surface area (Å²) >= 11 is 0. The van der Waals surface area contributed by atoms with E-state index in [1.165, 1.54) is 0 Å². The maximum atomic E-state index is 12.0. The van der Waals surface area contributed by atoms with E-state index in [2.05, 4.69) is 4.72 Å². The molecule has 1 aliphatic carbocycles. The van der Waals surface area contributed by atoms with Crippen molar-refractivity contribution in [2.75, 3.05) is 0 Å². The summed E-state index contributed by atoms with van der Waals surface area (Å²) in [7, 11) is -2.61. The molecule has 1 fully saturated rings. The van der Waals surface area contributed by atoms with Crippen LogP contribution in [0.2, 0.25) is 0 Å². The molecule has 18 heavy (non-hydrogen) atoms. The Kier molecular flexibility index (Phi) is 4.32. The Hall–Kier alpha value is -0.560. The first-order valence-corrected chi connectivity index (χ1v) is 8.73. The first kappa shape index (κ1) is 13.9. The molecule has 0 aliphatic heterocycles. The van der Waals surface area contributed by atoms with Crippen LogP contribution in [0, 0.1) is 6.92 Å². The lowest BCUT2D eigenvalue weighted by molar-refractivity contribution is 0.181. The van der Waals surface area contributed by atoms with E-state index in [0.717, 1.165) is 29.4 Å². The average Bonchev–Trinajstić information content (AvgIpc) is 2.73. The van der Waals surface area contributed by atoms with Crippen molar-refractivity contribution in [3.63, 3.8) is 0 Å². The van der Waals surface area contributed by atoms with E-state index in [-0.39, 0.29) is 12.1 Å². The third-order valence-electron chi connectivity index (χ3n) is 3.04. The quantitative estimate of drug-likeness (QED) is 0.653. The summed E-state index contributed by atoms with van der Waals surface area (Å²) in [4.78, 5) is 0.309. The molecule has 0 heterocycles. The first-order chi connectivity index (χ1) is 8.47. The third-order valence-corrected chi connectivity index (χ3v) is 6.06. The number of hydrogen-bond acceptors (Lipinski definition) is 5. The SMILES string of the molecule is Cc1ccc(S(=O)(=O)SNC2CCC(O)C2)cc1. The molecule has 0 radical (unpaired) electrons. The molecule has 2 atom stereocenters. The van der Waals surface area contributed by atoms with Crippen LogP contribution in [-0.2, 0) is 8.87 Å². The fourth-order valence-corrected chi connectivity index (χ4v) is 4.40. The van der Waals surface area contributed by atoms with E-state index < -0.39 is 8.87 Å². The van der Waals surface area contributed by atoms with Crippen LogP contribution < -0.4 is 4.72 Å². The second-order valence-electron chi connectivity index (χ2n) is 4.63. The molecule has 2 N–H and O–H groups in total. The predicted molar refractivity (Wildman–Crippen MR) is 72.7 cm³/mol. The van der Waals surface area contributed by atoms with E-state index in [9.17, 15) is 13.5 Å². The van der Waals surface area contributed by atoms with Gasteiger partial charge in [-0.3, -0.25) is 0 Å². The minimum absolute atomic E-state index is 0.0743. The molecule has 4 nitrogen and oxygen atoms in total. The minimum Gasteiger partial charge on any atom is -0.393 e. The van der Waals surface area contributed by atoms with Gasteiger partial charge in [0.05, 0.1) is 22.0 Å². The number of hydrogen-bond donors (Lipinski definition) is 2. The number of benzene rings is 1. The van der Waals surface area contributed by atoms with Crippen LogP contribution in [0.5, 0.6) is 0 Å². The molecule has 1 aromatic rings. The number of aliphatic hydroxyl groups is 1. The molecular weight excluding hydrogens is 270 g/mol. The van der Waals surface area contributed by atoms with Gasteiger partial charge in [-0.2, -0.15) is 0 Å². The molecule has 0 bridgehead atoms. The minimum atomic E-state index is -3.36. The highest BCUT2D eigenvalue weighted by atomic mass is 33.1. The van der Waals surface area contributed by atoms with Crippen LogP contribution in [-0.4, -0.2) is 25.7 Å². The van der Waals surface area contributed by atoms with Gasteiger partial charge in [-0.1, -0.05) is 17.7 Å². The molecule has 1 aromatic carbocycles. The summed E-state index contributed by atoms with van der Waals surface area (Å²) in [5.74, 6) is 0. The van der Waals surface area contributed by atoms with Gasteiger partial charge in [0, 0.05) is 6.04 Å². The summed E-state index contributed by atoms with van der Waals surface area (Å²) in [6.45, 7) is 1.92. The smallest absolute Gasteiger partial charge is 0.244 e. The van der Waals surface area contributed by atoms with Gasteiger partial charge in [-0.25, -0.2) is 13.1 Å². The summed E-state index contributed by atoms with van der Waals surface area (Å²) < 4.78 is 27.0. The highest BCUT2D eigenvalue weighted by Crippen LogP contribution is 2.26. The highest BCUT2D eigenvalue weighted by Gasteiger charge is 2.25. The second kappa shape index (κ2) is 5.61. The highest BCUT2D eigenvalue weighted by molar-refractivity contribution is 8.71. The molecule has 0 spiro atoms. The first-order valence-electron chi connectivity index (χ1n) is 5.91. The van der Waals surface area contributed by atoms with Gasteiger partial charge in [0.2, 0.25) is 8.87 Å². The van der Waals surface area contributed by atoms with Crippen LogP contribution in [0.25, 0.3) is 0 Å². The summed E-state index contributed by atoms with van der Waals surface area (Å²) in [5.41, 5.74) is 1.03. The topological polar surface area (TPSA) is 66.4 Å². The fraction of sp³-hybridized carbons (Fsp3) is 0.500. The standard InChI is InChI=1S/C12H17NO3S2/c1-9-2-6-12(7-3-9)18(15,16)17-13-10-4-5-11(14)8-10/h2-3,6-7,10-11,13-14H,4-5,8H2,1H3. The van der Waals surface area contributed by atoms with Crippen LogP contribution in [0.4, 0.5) is 0 Å². The molecule has 2 unspecified atom stereocenters. The zero-order chi connectivity index (χ0) is 13.2. The van der Waals surface area contributed by atoms with Crippen molar-refractivity contribution in [2.45, 2.75) is 43.2 Å². The Morgan fingerprint density at radius 1 is 1.28 bits per heavy atom. The van der Waals surface area contributed by atoms with Crippen molar-refractivity contribution in [3.05, 3.63) is 29.8 Å². The van der Waals surface area contributed by atoms with Crippen LogP contribution in [0.1, 0.15) is 24.8 Å². The van der Waals surface area contributed by atoms with E-state index in [0.29, 0.717) is 11.3 Å². The molecule has 100 valence electrons. The summed E-state index contributed by atoms with van der Waals surface area (Å²) in [6.07, 6.45) is 1.88. The normalized spacial score (nSPS) is 24.3. The lowest BCUT2D eigenvalue weighted by Gasteiger charge is -2.11. The molecule has 1 saturated carbocycles. The second-order valence-corrected chi connectivity index (χ2v) is 8.23. The van der Waals surface area contributed by atoms with E-state index in [4.69, 9.17) is 0 Å². The molecule has 1 aliphatic rings. The molecular formula is C12H17NO3S2. The summed E-state index contributed by atoms with van der Waals surface area (Å²) in [6, 6.07) is 6.87.